The fraction of sp³-hybridized carbons (Fsp3) is 0.278. The molecule has 114 valence electrons. The first-order chi connectivity index (χ1) is 10.7. The summed E-state index contributed by atoms with van der Waals surface area (Å²) in [4.78, 5) is 11.9. The van der Waals surface area contributed by atoms with E-state index in [2.05, 4.69) is 5.32 Å². The van der Waals surface area contributed by atoms with Gasteiger partial charge in [0.2, 0.25) is 0 Å². The second-order valence-corrected chi connectivity index (χ2v) is 5.60. The molecule has 0 heterocycles. The van der Waals surface area contributed by atoms with E-state index in [1.807, 2.05) is 36.4 Å². The number of fused-ring (bicyclic) bond motifs is 1. The van der Waals surface area contributed by atoms with Crippen molar-refractivity contribution >= 4 is 6.09 Å². The molecule has 0 radical (unpaired) electrons. The molecule has 22 heavy (non-hydrogen) atoms. The Kier molecular flexibility index (Phi) is 4.28. The number of aromatic hydroxyl groups is 1. The lowest BCUT2D eigenvalue weighted by atomic mass is 9.88. The SMILES string of the molecule is O=C(NC1CCc2ccc(O)cc2C1)OCc1ccccc1. The van der Waals surface area contributed by atoms with Gasteiger partial charge >= 0.3 is 6.09 Å². The lowest BCUT2D eigenvalue weighted by molar-refractivity contribution is 0.134. The number of amides is 1. The second-order valence-electron chi connectivity index (χ2n) is 5.60. The Bertz CT molecular complexity index is 655. The highest BCUT2D eigenvalue weighted by Gasteiger charge is 2.21. The molecule has 0 fully saturated rings. The summed E-state index contributed by atoms with van der Waals surface area (Å²) in [5.74, 6) is 0.269. The van der Waals surface area contributed by atoms with Crippen molar-refractivity contribution in [1.82, 2.24) is 5.32 Å². The lowest BCUT2D eigenvalue weighted by Crippen LogP contribution is -2.39. The molecule has 3 rings (SSSR count). The van der Waals surface area contributed by atoms with Crippen molar-refractivity contribution in [3.63, 3.8) is 0 Å². The van der Waals surface area contributed by atoms with Crippen molar-refractivity contribution in [2.75, 3.05) is 0 Å². The van der Waals surface area contributed by atoms with Crippen molar-refractivity contribution in [2.24, 2.45) is 0 Å². The number of rotatable bonds is 3. The molecule has 0 spiro atoms. The molecule has 0 saturated heterocycles. The van der Waals surface area contributed by atoms with E-state index in [1.54, 1.807) is 12.1 Å². The summed E-state index contributed by atoms with van der Waals surface area (Å²) in [6, 6.07) is 15.1. The van der Waals surface area contributed by atoms with Gasteiger partial charge in [-0.1, -0.05) is 36.4 Å². The molecule has 2 N–H and O–H groups in total. The van der Waals surface area contributed by atoms with Crippen molar-refractivity contribution < 1.29 is 14.6 Å². The fourth-order valence-electron chi connectivity index (χ4n) is 2.80. The molecule has 2 aromatic carbocycles. The molecule has 1 aliphatic carbocycles. The van der Waals surface area contributed by atoms with E-state index in [9.17, 15) is 9.90 Å². The molecular weight excluding hydrogens is 278 g/mol. The van der Waals surface area contributed by atoms with Crippen LogP contribution in [0.3, 0.4) is 0 Å². The van der Waals surface area contributed by atoms with E-state index in [-0.39, 0.29) is 18.4 Å². The Hall–Kier alpha value is -2.49. The van der Waals surface area contributed by atoms with E-state index in [4.69, 9.17) is 4.74 Å². The second kappa shape index (κ2) is 6.52. The minimum absolute atomic E-state index is 0.0533. The first kappa shape index (κ1) is 14.4. The van der Waals surface area contributed by atoms with Gasteiger partial charge in [-0.3, -0.25) is 0 Å². The summed E-state index contributed by atoms with van der Waals surface area (Å²) < 4.78 is 5.24. The first-order valence-electron chi connectivity index (χ1n) is 7.49. The Labute approximate surface area is 129 Å². The number of phenols is 1. The van der Waals surface area contributed by atoms with E-state index < -0.39 is 6.09 Å². The summed E-state index contributed by atoms with van der Waals surface area (Å²) in [5.41, 5.74) is 3.31. The number of carbonyl (C=O) groups is 1. The maximum Gasteiger partial charge on any atom is 0.407 e. The van der Waals surface area contributed by atoms with Gasteiger partial charge < -0.3 is 15.2 Å². The van der Waals surface area contributed by atoms with E-state index in [0.717, 1.165) is 30.4 Å². The van der Waals surface area contributed by atoms with Gasteiger partial charge in [-0.25, -0.2) is 4.79 Å². The molecule has 4 heteroatoms. The maximum atomic E-state index is 11.9. The summed E-state index contributed by atoms with van der Waals surface area (Å²) in [7, 11) is 0. The molecular formula is C18H19NO3. The van der Waals surface area contributed by atoms with Crippen LogP contribution >= 0.6 is 0 Å². The number of aryl methyl sites for hydroxylation is 1. The highest BCUT2D eigenvalue weighted by molar-refractivity contribution is 5.67. The topological polar surface area (TPSA) is 58.6 Å². The van der Waals surface area contributed by atoms with Crippen LogP contribution < -0.4 is 5.32 Å². The third-order valence-corrected chi connectivity index (χ3v) is 3.95. The van der Waals surface area contributed by atoms with Crippen molar-refractivity contribution in [3.8, 4) is 5.75 Å². The van der Waals surface area contributed by atoms with Crippen LogP contribution in [0.5, 0.6) is 5.75 Å². The van der Waals surface area contributed by atoms with Crippen LogP contribution in [-0.4, -0.2) is 17.2 Å². The number of phenolic OH excluding ortho intramolecular Hbond substituents is 1. The zero-order valence-electron chi connectivity index (χ0n) is 12.3. The Morgan fingerprint density at radius 2 is 2.00 bits per heavy atom. The first-order valence-corrected chi connectivity index (χ1v) is 7.49. The van der Waals surface area contributed by atoms with Crippen LogP contribution in [0.25, 0.3) is 0 Å². The number of ether oxygens (including phenoxy) is 1. The number of benzene rings is 2. The highest BCUT2D eigenvalue weighted by Crippen LogP contribution is 2.25. The molecule has 1 aliphatic rings. The molecule has 0 aromatic heterocycles. The average Bonchev–Trinajstić information content (AvgIpc) is 2.53. The summed E-state index contributed by atoms with van der Waals surface area (Å²) in [6.07, 6.45) is 2.12. The number of hydrogen-bond acceptors (Lipinski definition) is 3. The summed E-state index contributed by atoms with van der Waals surface area (Å²) in [5, 5.41) is 12.5. The van der Waals surface area contributed by atoms with Gasteiger partial charge in [-0.2, -0.15) is 0 Å². The Balaban J connectivity index is 1.52. The standard InChI is InChI=1S/C18H19NO3/c20-17-9-7-14-6-8-16(10-15(14)11-17)19-18(21)22-12-13-4-2-1-3-5-13/h1-5,7,9,11,16,20H,6,8,10,12H2,(H,19,21). The van der Waals surface area contributed by atoms with Crippen LogP contribution in [0.2, 0.25) is 0 Å². The van der Waals surface area contributed by atoms with E-state index in [1.165, 1.54) is 5.56 Å². The normalized spacial score (nSPS) is 16.6. The molecule has 4 nitrogen and oxygen atoms in total. The summed E-state index contributed by atoms with van der Waals surface area (Å²) >= 11 is 0. The monoisotopic (exact) mass is 297 g/mol. The van der Waals surface area contributed by atoms with Crippen LogP contribution in [0.1, 0.15) is 23.1 Å². The summed E-state index contributed by atoms with van der Waals surface area (Å²) in [6.45, 7) is 0.275. The number of alkyl carbamates (subject to hydrolysis) is 1. The molecule has 0 bridgehead atoms. The predicted molar refractivity (Wildman–Crippen MR) is 83.7 cm³/mol. The van der Waals surface area contributed by atoms with Gasteiger partial charge in [-0.15, -0.1) is 0 Å². The maximum absolute atomic E-state index is 11.9. The molecule has 0 saturated carbocycles. The third-order valence-electron chi connectivity index (χ3n) is 3.95. The zero-order chi connectivity index (χ0) is 15.4. The number of hydrogen-bond donors (Lipinski definition) is 2. The van der Waals surface area contributed by atoms with Gasteiger partial charge in [0.1, 0.15) is 12.4 Å². The molecule has 0 aliphatic heterocycles. The van der Waals surface area contributed by atoms with Crippen LogP contribution in [0.15, 0.2) is 48.5 Å². The quantitative estimate of drug-likeness (QED) is 0.915. The largest absolute Gasteiger partial charge is 0.508 e. The number of nitrogens with one attached hydrogen (secondary N) is 1. The third kappa shape index (κ3) is 3.58. The molecule has 1 atom stereocenters. The van der Waals surface area contributed by atoms with E-state index >= 15 is 0 Å². The molecule has 2 aromatic rings. The smallest absolute Gasteiger partial charge is 0.407 e. The minimum atomic E-state index is -0.391. The predicted octanol–water partition coefficient (Wildman–Crippen LogP) is 3.18. The zero-order valence-corrected chi connectivity index (χ0v) is 12.3. The molecule has 1 amide bonds. The highest BCUT2D eigenvalue weighted by atomic mass is 16.5. The van der Waals surface area contributed by atoms with Gasteiger partial charge in [0, 0.05) is 6.04 Å². The van der Waals surface area contributed by atoms with Gasteiger partial charge in [0.25, 0.3) is 0 Å². The van der Waals surface area contributed by atoms with Gasteiger partial charge in [0.15, 0.2) is 0 Å². The fourth-order valence-corrected chi connectivity index (χ4v) is 2.80. The van der Waals surface area contributed by atoms with Gasteiger partial charge in [0.05, 0.1) is 0 Å². The Morgan fingerprint density at radius 3 is 2.82 bits per heavy atom. The van der Waals surface area contributed by atoms with Crippen LogP contribution in [-0.2, 0) is 24.2 Å². The van der Waals surface area contributed by atoms with Crippen LogP contribution in [0.4, 0.5) is 4.79 Å². The molecule has 1 unspecified atom stereocenters. The van der Waals surface area contributed by atoms with E-state index in [0.29, 0.717) is 0 Å². The van der Waals surface area contributed by atoms with Gasteiger partial charge in [-0.05, 0) is 48.1 Å². The lowest BCUT2D eigenvalue weighted by Gasteiger charge is -2.25. The minimum Gasteiger partial charge on any atom is -0.508 e. The van der Waals surface area contributed by atoms with Crippen molar-refractivity contribution in [3.05, 3.63) is 65.2 Å². The van der Waals surface area contributed by atoms with Crippen molar-refractivity contribution in [2.45, 2.75) is 31.9 Å². The van der Waals surface area contributed by atoms with Crippen LogP contribution in [0, 0.1) is 0 Å². The average molecular weight is 297 g/mol. The Morgan fingerprint density at radius 1 is 1.18 bits per heavy atom. The van der Waals surface area contributed by atoms with Crippen molar-refractivity contribution in [1.29, 1.82) is 0 Å². The number of carbonyl (C=O) groups excluding carboxylic acids is 1.